The Balaban J connectivity index is 2.01. The van der Waals surface area contributed by atoms with Crippen LogP contribution < -0.4 is 5.73 Å². The van der Waals surface area contributed by atoms with Gasteiger partial charge in [-0.2, -0.15) is 5.10 Å². The summed E-state index contributed by atoms with van der Waals surface area (Å²) in [6.07, 6.45) is 3.10. The van der Waals surface area contributed by atoms with Crippen LogP contribution in [0.5, 0.6) is 0 Å². The summed E-state index contributed by atoms with van der Waals surface area (Å²) in [5.41, 5.74) is 10.1. The van der Waals surface area contributed by atoms with E-state index in [1.54, 1.807) is 0 Å². The molecule has 0 fully saturated rings. The Bertz CT molecular complexity index is 558. The van der Waals surface area contributed by atoms with E-state index in [0.717, 1.165) is 12.1 Å². The van der Waals surface area contributed by atoms with Gasteiger partial charge in [-0.25, -0.2) is 0 Å². The molecule has 2 N–H and O–H groups in total. The van der Waals surface area contributed by atoms with Gasteiger partial charge in [0.15, 0.2) is 0 Å². The van der Waals surface area contributed by atoms with Gasteiger partial charge < -0.3 is 5.73 Å². The van der Waals surface area contributed by atoms with Gasteiger partial charge in [0.05, 0.1) is 17.8 Å². The van der Waals surface area contributed by atoms with Crippen LogP contribution >= 0.6 is 0 Å². The maximum Gasteiger partial charge on any atom is 0.0717 e. The number of fused-ring (bicyclic) bond motifs is 1. The van der Waals surface area contributed by atoms with Gasteiger partial charge in [0.2, 0.25) is 0 Å². The van der Waals surface area contributed by atoms with Gasteiger partial charge in [0.1, 0.15) is 0 Å². The molecule has 1 aliphatic carbocycles. The molecule has 0 amide bonds. The molecule has 3 rings (SSSR count). The molecule has 94 valence electrons. The Hall–Kier alpha value is -1.61. The first kappa shape index (κ1) is 11.5. The molecule has 3 nitrogen and oxygen atoms in total. The van der Waals surface area contributed by atoms with Crippen LogP contribution in [0.2, 0.25) is 0 Å². The average Bonchev–Trinajstić information content (AvgIpc) is 2.80. The molecule has 0 spiro atoms. The Morgan fingerprint density at radius 1 is 1.22 bits per heavy atom. The van der Waals surface area contributed by atoms with Crippen molar-refractivity contribution in [2.75, 3.05) is 0 Å². The minimum Gasteiger partial charge on any atom is -0.322 e. The summed E-state index contributed by atoms with van der Waals surface area (Å²) in [4.78, 5) is 0. The molecule has 0 saturated heterocycles. The standard InChI is InChI=1S/C15H19N3/c1-10-9-14(18-8-7-11(2)17-18)15(16)13-6-4-3-5-12(10)13/h3-8,10,14-15H,9,16H2,1-2H3. The molecule has 1 aromatic heterocycles. The Labute approximate surface area is 108 Å². The molecule has 3 heteroatoms. The third kappa shape index (κ3) is 1.75. The number of aryl methyl sites for hydroxylation is 1. The molecule has 0 bridgehead atoms. The largest absolute Gasteiger partial charge is 0.322 e. The summed E-state index contributed by atoms with van der Waals surface area (Å²) in [6.45, 7) is 4.29. The van der Waals surface area contributed by atoms with Crippen molar-refractivity contribution in [1.82, 2.24) is 9.78 Å². The highest BCUT2D eigenvalue weighted by Gasteiger charge is 2.31. The summed E-state index contributed by atoms with van der Waals surface area (Å²) in [5, 5.41) is 4.53. The van der Waals surface area contributed by atoms with E-state index in [1.165, 1.54) is 11.1 Å². The zero-order valence-electron chi connectivity index (χ0n) is 10.9. The lowest BCUT2D eigenvalue weighted by Gasteiger charge is -2.35. The lowest BCUT2D eigenvalue weighted by Crippen LogP contribution is -2.31. The van der Waals surface area contributed by atoms with Crippen molar-refractivity contribution in [2.45, 2.75) is 38.3 Å². The number of aromatic nitrogens is 2. The third-order valence-electron chi connectivity index (χ3n) is 3.98. The van der Waals surface area contributed by atoms with E-state index in [-0.39, 0.29) is 12.1 Å². The zero-order valence-corrected chi connectivity index (χ0v) is 10.9. The van der Waals surface area contributed by atoms with Crippen LogP contribution in [0.3, 0.4) is 0 Å². The molecule has 0 aliphatic heterocycles. The van der Waals surface area contributed by atoms with Gasteiger partial charge >= 0.3 is 0 Å². The van der Waals surface area contributed by atoms with Gasteiger partial charge in [-0.1, -0.05) is 31.2 Å². The molecular formula is C15H19N3. The van der Waals surface area contributed by atoms with Crippen molar-refractivity contribution >= 4 is 0 Å². The smallest absolute Gasteiger partial charge is 0.0717 e. The van der Waals surface area contributed by atoms with Gasteiger partial charge in [-0.3, -0.25) is 4.68 Å². The second-order valence-electron chi connectivity index (χ2n) is 5.30. The van der Waals surface area contributed by atoms with Crippen molar-refractivity contribution < 1.29 is 0 Å². The van der Waals surface area contributed by atoms with Gasteiger partial charge in [-0.15, -0.1) is 0 Å². The van der Waals surface area contributed by atoms with Gasteiger partial charge in [0, 0.05) is 6.20 Å². The number of hydrogen-bond acceptors (Lipinski definition) is 2. The maximum absolute atomic E-state index is 6.43. The van der Waals surface area contributed by atoms with Crippen molar-refractivity contribution in [3.8, 4) is 0 Å². The lowest BCUT2D eigenvalue weighted by molar-refractivity contribution is 0.318. The fraction of sp³-hybridized carbons (Fsp3) is 0.400. The SMILES string of the molecule is Cc1ccn(C2CC(C)c3ccccc3C2N)n1. The first-order valence-corrected chi connectivity index (χ1v) is 6.53. The van der Waals surface area contributed by atoms with E-state index in [0.29, 0.717) is 5.92 Å². The van der Waals surface area contributed by atoms with E-state index in [1.807, 2.05) is 23.9 Å². The topological polar surface area (TPSA) is 43.8 Å². The van der Waals surface area contributed by atoms with E-state index in [4.69, 9.17) is 5.73 Å². The lowest BCUT2D eigenvalue weighted by atomic mass is 9.78. The van der Waals surface area contributed by atoms with Crippen LogP contribution in [-0.2, 0) is 0 Å². The summed E-state index contributed by atoms with van der Waals surface area (Å²) in [6, 6.07) is 10.9. The number of benzene rings is 1. The Morgan fingerprint density at radius 2 is 1.94 bits per heavy atom. The number of hydrogen-bond donors (Lipinski definition) is 1. The predicted octanol–water partition coefficient (Wildman–Crippen LogP) is 2.94. The van der Waals surface area contributed by atoms with Gasteiger partial charge in [-0.05, 0) is 36.5 Å². The van der Waals surface area contributed by atoms with Crippen LogP contribution in [0.15, 0.2) is 36.5 Å². The summed E-state index contributed by atoms with van der Waals surface area (Å²) in [5.74, 6) is 0.538. The quantitative estimate of drug-likeness (QED) is 0.834. The molecule has 1 aliphatic rings. The third-order valence-corrected chi connectivity index (χ3v) is 3.98. The van der Waals surface area contributed by atoms with Crippen LogP contribution in [0, 0.1) is 6.92 Å². The second kappa shape index (κ2) is 4.25. The predicted molar refractivity (Wildman–Crippen MR) is 72.4 cm³/mol. The summed E-state index contributed by atoms with van der Waals surface area (Å²) < 4.78 is 2.03. The summed E-state index contributed by atoms with van der Waals surface area (Å²) >= 11 is 0. The highest BCUT2D eigenvalue weighted by Crippen LogP contribution is 2.41. The van der Waals surface area contributed by atoms with E-state index in [9.17, 15) is 0 Å². The molecule has 3 unspecified atom stereocenters. The normalized spacial score (nSPS) is 26.9. The van der Waals surface area contributed by atoms with E-state index < -0.39 is 0 Å². The molecule has 1 aromatic carbocycles. The van der Waals surface area contributed by atoms with Crippen LogP contribution in [-0.4, -0.2) is 9.78 Å². The minimum atomic E-state index is 0.0386. The van der Waals surface area contributed by atoms with Crippen molar-refractivity contribution in [3.05, 3.63) is 53.3 Å². The van der Waals surface area contributed by atoms with Gasteiger partial charge in [0.25, 0.3) is 0 Å². The molecule has 0 saturated carbocycles. The monoisotopic (exact) mass is 241 g/mol. The fourth-order valence-electron chi connectivity index (χ4n) is 3.00. The molecular weight excluding hydrogens is 222 g/mol. The van der Waals surface area contributed by atoms with Crippen LogP contribution in [0.25, 0.3) is 0 Å². The number of nitrogens with two attached hydrogens (primary N) is 1. The fourth-order valence-corrected chi connectivity index (χ4v) is 3.00. The minimum absolute atomic E-state index is 0.0386. The molecule has 2 aromatic rings. The number of nitrogens with zero attached hydrogens (tertiary/aromatic N) is 2. The number of rotatable bonds is 1. The molecule has 18 heavy (non-hydrogen) atoms. The zero-order chi connectivity index (χ0) is 12.7. The first-order valence-electron chi connectivity index (χ1n) is 6.53. The van der Waals surface area contributed by atoms with Crippen LogP contribution in [0.4, 0.5) is 0 Å². The van der Waals surface area contributed by atoms with E-state index >= 15 is 0 Å². The Kier molecular flexibility index (Phi) is 2.71. The molecule has 1 heterocycles. The van der Waals surface area contributed by atoms with Crippen molar-refractivity contribution in [3.63, 3.8) is 0 Å². The maximum atomic E-state index is 6.43. The average molecular weight is 241 g/mol. The highest BCUT2D eigenvalue weighted by molar-refractivity contribution is 5.36. The summed E-state index contributed by atoms with van der Waals surface area (Å²) in [7, 11) is 0. The molecule has 3 atom stereocenters. The first-order chi connectivity index (χ1) is 8.66. The van der Waals surface area contributed by atoms with Crippen LogP contribution in [0.1, 0.15) is 48.2 Å². The highest BCUT2D eigenvalue weighted by atomic mass is 15.3. The van der Waals surface area contributed by atoms with Crippen molar-refractivity contribution in [2.24, 2.45) is 5.73 Å². The molecule has 0 radical (unpaired) electrons. The van der Waals surface area contributed by atoms with Crippen molar-refractivity contribution in [1.29, 1.82) is 0 Å². The van der Waals surface area contributed by atoms with E-state index in [2.05, 4.69) is 36.3 Å². The Morgan fingerprint density at radius 3 is 2.61 bits per heavy atom. The second-order valence-corrected chi connectivity index (χ2v) is 5.30.